The van der Waals surface area contributed by atoms with Gasteiger partial charge in [0.05, 0.1) is 12.2 Å². The lowest BCUT2D eigenvalue weighted by Crippen LogP contribution is -2.57. The number of hydrogen-bond donors (Lipinski definition) is 0. The molecule has 900 valence electrons. The molecule has 16 rings (SSSR count). The van der Waals surface area contributed by atoms with Crippen molar-refractivity contribution in [2.75, 3.05) is 151 Å². The SMILES string of the molecule is CC.CC.CC.CC.CC.CC.CC.CC.CC.CC.CC.CC.CC.CC.CC(C)C1CCC2(CC1)CCN(C(C)C)C2.CC(C)C1CCC2(CC1)CN(C(C)C)CCO2.CC(C)C1CCC2CN(C(C)C)CC21.CC(C)N1CC2CN(C(C)C)CC2C1.CC(C)N1CCC2(CC1)CCN(C(C)C)CC2.CC(C)N1CCC2(CCN(C(C)C)C2)C1.CC(C)N1C[C@H]2CC[C@@H](C1)N2C(C)C.CC(C)N1C[C@H]2C[C@@H]1CN2C(C)C. The summed E-state index contributed by atoms with van der Waals surface area (Å²) in [5, 5.41) is 0. The van der Waals surface area contributed by atoms with Crippen molar-refractivity contribution in [3.63, 3.8) is 0 Å². The van der Waals surface area contributed by atoms with Crippen molar-refractivity contribution in [3.05, 3.63) is 0 Å². The van der Waals surface area contributed by atoms with Gasteiger partial charge in [-0.2, -0.15) is 0 Å². The number of morpholine rings is 1. The standard InChI is InChI=1S/C15H30N2.C15H29NO.C15H29N.C13H26N2.C13H25N.2C12H24N2.C11H22N2.14C2H6/c1-13(2)16-9-5-15(6-10-16)7-11-17(12-8-15)14(3)4;1-12(2)14-5-7-15(8-6-14)11-16(13(3)4)9-10-17-15;1-12(2)14-5-7-15(8-6-14)9-10-16(11-15)13(3)4;1-11(2)14-7-5-13(9-14)6-8-15(10-13)12(3)4;1-9(2)12-6-5-11-7-14(10(3)4)8-13(11)12;1-9(2)13-5-11-7-14(10(3)4)8-12(11)6-13;1-9(2)13-7-11-5-6-12(8-13)14(11)10(3)4;1-8(2)12-6-11-5-10(12)7-13(11)9(3)4;14*1-2/h13-14H,5-12H2,1-4H3;12-14H,5-11H2,1-4H3;12-14H,5-11H2,1-4H3;11-12H,5-10H2,1-4H3;9-13H,5-8H2,1-4H3;2*9-12H,5-8H2,1-4H3;8-11H,5-7H2,1-4H3;14*1-2H3/t;;;;;;11-,12+;10-,11-;;;;;;;;;;;;;;/m.......1............../s1. The minimum Gasteiger partial charge on any atom is -0.372 e. The molecule has 4 spiro atoms. The molecule has 13 saturated heterocycles. The number of rotatable bonds is 16. The van der Waals surface area contributed by atoms with E-state index < -0.39 is 0 Å². The Balaban J connectivity index is -0.000000376. The van der Waals surface area contributed by atoms with Gasteiger partial charge in [0.2, 0.25) is 0 Å². The first-order chi connectivity index (χ1) is 70.4. The van der Waals surface area contributed by atoms with Gasteiger partial charge in [-0.3, -0.25) is 24.5 Å². The minimum absolute atomic E-state index is 0.202. The molecule has 3 unspecified atom stereocenters. The second kappa shape index (κ2) is 88.2. The summed E-state index contributed by atoms with van der Waals surface area (Å²) in [6, 6.07) is 13.0. The third-order valence-corrected chi connectivity index (χ3v) is 35.8. The Kier molecular flexibility index (Phi) is 94.2. The number of likely N-dealkylation sites (tertiary alicyclic amines) is 11. The van der Waals surface area contributed by atoms with Crippen molar-refractivity contribution in [3.8, 4) is 0 Å². The third-order valence-electron chi connectivity index (χ3n) is 35.8. The molecule has 13 aliphatic heterocycles. The molecule has 7 atom stereocenters. The van der Waals surface area contributed by atoms with Crippen LogP contribution >= 0.6 is 0 Å². The molecule has 0 amide bonds. The summed E-state index contributed by atoms with van der Waals surface area (Å²) < 4.78 is 6.17. The van der Waals surface area contributed by atoms with E-state index in [9.17, 15) is 0 Å². The van der Waals surface area contributed by atoms with Crippen LogP contribution in [0.4, 0.5) is 0 Å². The Labute approximate surface area is 940 Å². The molecule has 3 aliphatic carbocycles. The molecular weight excluding hydrogens is 1810 g/mol. The molecule has 14 nitrogen and oxygen atoms in total. The maximum absolute atomic E-state index is 6.17. The van der Waals surface area contributed by atoms with Gasteiger partial charge in [-0.1, -0.05) is 235 Å². The molecule has 4 bridgehead atoms. The highest BCUT2D eigenvalue weighted by Crippen LogP contribution is 2.50. The number of ether oxygens (including phenoxy) is 1. The first kappa shape index (κ1) is 158. The van der Waals surface area contributed by atoms with Crippen LogP contribution in [0.5, 0.6) is 0 Å². The summed E-state index contributed by atoms with van der Waals surface area (Å²) >= 11 is 0. The summed E-state index contributed by atoms with van der Waals surface area (Å²) in [7, 11) is 0. The molecule has 3 saturated carbocycles. The first-order valence-corrected chi connectivity index (χ1v) is 66.8. The summed E-state index contributed by atoms with van der Waals surface area (Å²) in [6.45, 7) is 161. The van der Waals surface area contributed by atoms with Crippen LogP contribution in [-0.2, 0) is 4.74 Å². The average molecular weight is 2100 g/mol. The first-order valence-electron chi connectivity index (χ1n) is 66.8. The second-order valence-electron chi connectivity index (χ2n) is 48.6. The average Bonchev–Trinajstić information content (AvgIpc) is 1.47. The molecule has 148 heavy (non-hydrogen) atoms. The number of piperazine rings is 2. The van der Waals surface area contributed by atoms with Gasteiger partial charge in [-0.15, -0.1) is 0 Å². The summed E-state index contributed by atoms with van der Waals surface area (Å²) in [5.74, 6) is 9.58. The van der Waals surface area contributed by atoms with Crippen molar-refractivity contribution in [2.24, 2.45) is 75.4 Å². The molecule has 0 aromatic rings. The van der Waals surface area contributed by atoms with E-state index in [1.165, 1.54) is 259 Å². The van der Waals surface area contributed by atoms with E-state index in [2.05, 4.69) is 285 Å². The number of nitrogens with zero attached hydrogens (tertiary/aromatic N) is 13. The summed E-state index contributed by atoms with van der Waals surface area (Å²) in [4.78, 5) is 34.6. The normalized spacial score (nSPS) is 27.9. The van der Waals surface area contributed by atoms with Gasteiger partial charge >= 0.3 is 0 Å². The smallest absolute Gasteiger partial charge is 0.0809 e. The fourth-order valence-electron chi connectivity index (χ4n) is 26.6. The fourth-order valence-corrected chi connectivity index (χ4v) is 26.6. The lowest BCUT2D eigenvalue weighted by Gasteiger charge is -2.48. The molecule has 0 aromatic heterocycles. The molecule has 16 aliphatic rings. The molecule has 0 N–H and O–H groups in total. The van der Waals surface area contributed by atoms with Crippen molar-refractivity contribution in [1.82, 2.24) is 63.7 Å². The zero-order valence-electron chi connectivity index (χ0n) is 114. The Bertz CT molecular complexity index is 2720. The Morgan fingerprint density at radius 3 is 0.736 bits per heavy atom. The van der Waals surface area contributed by atoms with E-state index in [0.717, 1.165) is 181 Å². The van der Waals surface area contributed by atoms with Crippen molar-refractivity contribution in [1.29, 1.82) is 0 Å². The summed E-state index contributed by atoms with van der Waals surface area (Å²) in [6.07, 6.45) is 28.6. The van der Waals surface area contributed by atoms with Gasteiger partial charge in [0.15, 0.2) is 0 Å². The Morgan fingerprint density at radius 2 is 0.459 bits per heavy atom. The molecule has 0 radical (unpaired) electrons. The van der Waals surface area contributed by atoms with Gasteiger partial charge < -0.3 is 43.9 Å². The van der Waals surface area contributed by atoms with E-state index in [0.29, 0.717) is 16.9 Å². The monoisotopic (exact) mass is 2100 g/mol. The van der Waals surface area contributed by atoms with Crippen LogP contribution in [0.3, 0.4) is 0 Å². The van der Waals surface area contributed by atoms with Crippen LogP contribution in [0.25, 0.3) is 0 Å². The van der Waals surface area contributed by atoms with Gasteiger partial charge in [-0.05, 0) is 430 Å². The fraction of sp³-hybridized carbons (Fsp3) is 1.00. The van der Waals surface area contributed by atoms with E-state index in [1.54, 1.807) is 0 Å². The van der Waals surface area contributed by atoms with Crippen LogP contribution in [-0.4, -0.2) is 323 Å². The minimum atomic E-state index is 0.202. The van der Waals surface area contributed by atoms with Crippen LogP contribution in [0.2, 0.25) is 0 Å². The highest BCUT2D eigenvalue weighted by atomic mass is 16.5. The quantitative estimate of drug-likeness (QED) is 0.147. The van der Waals surface area contributed by atoms with Gasteiger partial charge in [0.25, 0.3) is 0 Å². The Morgan fingerprint density at radius 1 is 0.196 bits per heavy atom. The number of hydrogen-bond acceptors (Lipinski definition) is 14. The number of piperidine rings is 2. The molecular formula is C134H293N13O. The molecule has 0 aromatic carbocycles. The van der Waals surface area contributed by atoms with Crippen LogP contribution < -0.4 is 0 Å². The van der Waals surface area contributed by atoms with Crippen LogP contribution in [0.15, 0.2) is 0 Å². The van der Waals surface area contributed by atoms with Gasteiger partial charge in [-0.25, -0.2) is 0 Å². The highest BCUT2D eigenvalue weighted by molar-refractivity contribution is 5.05. The van der Waals surface area contributed by atoms with E-state index in [-0.39, 0.29) is 5.60 Å². The van der Waals surface area contributed by atoms with Crippen molar-refractivity contribution < 1.29 is 4.74 Å². The number of fused-ring (bicyclic) bond motifs is 6. The topological polar surface area (TPSA) is 51.4 Å². The zero-order chi connectivity index (χ0) is 116. The van der Waals surface area contributed by atoms with Crippen molar-refractivity contribution in [2.45, 2.75) is 652 Å². The zero-order valence-corrected chi connectivity index (χ0v) is 114. The Hall–Kier alpha value is -0.560. The maximum atomic E-state index is 6.17. The van der Waals surface area contributed by atoms with Gasteiger partial charge in [0, 0.05) is 201 Å². The van der Waals surface area contributed by atoms with Gasteiger partial charge in [0.1, 0.15) is 0 Å². The molecule has 16 fully saturated rings. The van der Waals surface area contributed by atoms with E-state index >= 15 is 0 Å². The lowest BCUT2D eigenvalue weighted by atomic mass is 9.67. The predicted molar refractivity (Wildman–Crippen MR) is 679 cm³/mol. The summed E-state index contributed by atoms with van der Waals surface area (Å²) in [5.41, 5.74) is 2.27. The van der Waals surface area contributed by atoms with Crippen molar-refractivity contribution >= 4 is 0 Å². The molecule has 13 heterocycles. The van der Waals surface area contributed by atoms with E-state index in [1.807, 2.05) is 194 Å². The van der Waals surface area contributed by atoms with Crippen LogP contribution in [0, 0.1) is 75.4 Å². The van der Waals surface area contributed by atoms with Crippen LogP contribution in [0.1, 0.15) is 544 Å². The highest BCUT2D eigenvalue weighted by Gasteiger charge is 2.50. The lowest BCUT2D eigenvalue weighted by molar-refractivity contribution is -0.140. The maximum Gasteiger partial charge on any atom is 0.0809 e. The second-order valence-corrected chi connectivity index (χ2v) is 48.6. The predicted octanol–water partition coefficient (Wildman–Crippen LogP) is 35.0. The third kappa shape index (κ3) is 53.4. The van der Waals surface area contributed by atoms with E-state index in [4.69, 9.17) is 4.74 Å². The largest absolute Gasteiger partial charge is 0.372 e. The molecule has 14 heteroatoms.